The van der Waals surface area contributed by atoms with Gasteiger partial charge in [0.2, 0.25) is 10.0 Å². The zero-order chi connectivity index (χ0) is 16.2. The number of rotatable bonds is 6. The Morgan fingerprint density at radius 2 is 1.77 bits per heavy atom. The second-order valence-electron chi connectivity index (χ2n) is 5.22. The molecule has 0 aliphatic carbocycles. The molecule has 1 aliphatic heterocycles. The fourth-order valence-corrected chi connectivity index (χ4v) is 3.83. The molecule has 1 aliphatic rings. The van der Waals surface area contributed by atoms with E-state index in [0.29, 0.717) is 38.5 Å². The van der Waals surface area contributed by atoms with Crippen LogP contribution < -0.4 is 4.74 Å². The van der Waals surface area contributed by atoms with Crippen molar-refractivity contribution < 1.29 is 23.4 Å². The van der Waals surface area contributed by atoms with Crippen LogP contribution in [0.25, 0.3) is 0 Å². The molecule has 0 aromatic heterocycles. The monoisotopic (exact) mass is 330 g/mol. The summed E-state index contributed by atoms with van der Waals surface area (Å²) >= 11 is 0. The minimum atomic E-state index is -3.51. The van der Waals surface area contributed by atoms with Crippen molar-refractivity contribution in [3.8, 4) is 5.75 Å². The van der Waals surface area contributed by atoms with Gasteiger partial charge in [0.1, 0.15) is 5.75 Å². The second-order valence-corrected chi connectivity index (χ2v) is 7.15. The van der Waals surface area contributed by atoms with Crippen LogP contribution in [0.15, 0.2) is 29.2 Å². The number of benzene rings is 1. The molecule has 1 aromatic rings. The summed E-state index contributed by atoms with van der Waals surface area (Å²) in [5.41, 5.74) is 0. The summed E-state index contributed by atoms with van der Waals surface area (Å²) in [7, 11) is -1.97. The van der Waals surface area contributed by atoms with E-state index < -0.39 is 16.1 Å². The lowest BCUT2D eigenvalue weighted by Gasteiger charge is -2.34. The average molecular weight is 330 g/mol. The molecule has 1 saturated heterocycles. The number of aliphatic hydroxyl groups is 2. The number of β-amino-alcohol motifs (C(OH)–C–C–N with tert-alkyl or cyclic N) is 1. The van der Waals surface area contributed by atoms with E-state index in [-0.39, 0.29) is 11.5 Å². The Morgan fingerprint density at radius 1 is 1.18 bits per heavy atom. The molecule has 1 heterocycles. The van der Waals surface area contributed by atoms with Crippen molar-refractivity contribution in [2.24, 2.45) is 0 Å². The number of nitrogens with zero attached hydrogens (tertiary/aromatic N) is 2. The third-order valence-corrected chi connectivity index (χ3v) is 5.62. The zero-order valence-electron chi connectivity index (χ0n) is 12.6. The largest absolute Gasteiger partial charge is 0.497 e. The molecule has 1 atom stereocenters. The molecule has 0 spiro atoms. The number of piperazine rings is 1. The maximum Gasteiger partial charge on any atom is 0.243 e. The van der Waals surface area contributed by atoms with Crippen molar-refractivity contribution in [2.75, 3.05) is 46.4 Å². The summed E-state index contributed by atoms with van der Waals surface area (Å²) in [5, 5.41) is 18.3. The van der Waals surface area contributed by atoms with E-state index in [9.17, 15) is 13.5 Å². The molecule has 0 amide bonds. The Labute approximate surface area is 130 Å². The lowest BCUT2D eigenvalue weighted by Crippen LogP contribution is -2.50. The first kappa shape index (κ1) is 17.2. The molecular weight excluding hydrogens is 308 g/mol. The Hall–Kier alpha value is -1.19. The smallest absolute Gasteiger partial charge is 0.243 e. The van der Waals surface area contributed by atoms with Gasteiger partial charge < -0.3 is 14.9 Å². The lowest BCUT2D eigenvalue weighted by molar-refractivity contribution is 0.0491. The van der Waals surface area contributed by atoms with Gasteiger partial charge in [-0.25, -0.2) is 8.42 Å². The molecule has 0 radical (unpaired) electrons. The van der Waals surface area contributed by atoms with Gasteiger partial charge in [0, 0.05) is 32.7 Å². The van der Waals surface area contributed by atoms with Gasteiger partial charge in [-0.1, -0.05) is 0 Å². The summed E-state index contributed by atoms with van der Waals surface area (Å²) in [6.45, 7) is 1.87. The molecule has 1 unspecified atom stereocenters. The number of sulfonamides is 1. The van der Waals surface area contributed by atoms with Gasteiger partial charge in [0.15, 0.2) is 0 Å². The highest BCUT2D eigenvalue weighted by atomic mass is 32.2. The predicted molar refractivity (Wildman–Crippen MR) is 81.3 cm³/mol. The van der Waals surface area contributed by atoms with Crippen LogP contribution in [0.2, 0.25) is 0 Å². The third kappa shape index (κ3) is 3.96. The van der Waals surface area contributed by atoms with Crippen LogP contribution in [-0.2, 0) is 10.0 Å². The molecule has 124 valence electrons. The third-order valence-electron chi connectivity index (χ3n) is 3.71. The Kier molecular flexibility index (Phi) is 5.76. The molecule has 0 bridgehead atoms. The average Bonchev–Trinajstić information content (AvgIpc) is 2.55. The number of ether oxygens (including phenoxy) is 1. The molecule has 8 heteroatoms. The van der Waals surface area contributed by atoms with Crippen molar-refractivity contribution in [3.63, 3.8) is 0 Å². The van der Waals surface area contributed by atoms with E-state index in [4.69, 9.17) is 9.84 Å². The fraction of sp³-hybridized carbons (Fsp3) is 0.571. The van der Waals surface area contributed by atoms with Gasteiger partial charge in [0.05, 0.1) is 24.7 Å². The summed E-state index contributed by atoms with van der Waals surface area (Å²) in [5.74, 6) is 0.613. The second kappa shape index (κ2) is 7.38. The molecule has 22 heavy (non-hydrogen) atoms. The van der Waals surface area contributed by atoms with Crippen LogP contribution in [0.3, 0.4) is 0 Å². The molecule has 1 fully saturated rings. The first-order valence-corrected chi connectivity index (χ1v) is 8.57. The molecule has 2 N–H and O–H groups in total. The Balaban J connectivity index is 1.99. The molecule has 0 saturated carbocycles. The Morgan fingerprint density at radius 3 is 2.27 bits per heavy atom. The van der Waals surface area contributed by atoms with Crippen molar-refractivity contribution in [2.45, 2.75) is 11.0 Å². The summed E-state index contributed by atoms with van der Waals surface area (Å²) in [4.78, 5) is 2.19. The zero-order valence-corrected chi connectivity index (χ0v) is 13.4. The fourth-order valence-electron chi connectivity index (χ4n) is 2.40. The van der Waals surface area contributed by atoms with Gasteiger partial charge in [0.25, 0.3) is 0 Å². The van der Waals surface area contributed by atoms with Crippen LogP contribution in [0.1, 0.15) is 0 Å². The number of hydrogen-bond acceptors (Lipinski definition) is 6. The van der Waals surface area contributed by atoms with Gasteiger partial charge in [-0.15, -0.1) is 0 Å². The van der Waals surface area contributed by atoms with E-state index in [0.717, 1.165) is 0 Å². The SMILES string of the molecule is COc1ccc(S(=O)(=O)N2CCN(CC(O)CO)CC2)cc1. The molecule has 1 aromatic carbocycles. The normalized spacial score (nSPS) is 19.0. The van der Waals surface area contributed by atoms with E-state index in [2.05, 4.69) is 0 Å². The maximum absolute atomic E-state index is 12.5. The quantitative estimate of drug-likeness (QED) is 0.721. The number of aliphatic hydroxyl groups excluding tert-OH is 2. The Bertz CT molecular complexity index is 567. The molecule has 7 nitrogen and oxygen atoms in total. The van der Waals surface area contributed by atoms with Crippen LogP contribution in [-0.4, -0.2) is 80.4 Å². The first-order valence-electron chi connectivity index (χ1n) is 7.13. The van der Waals surface area contributed by atoms with Gasteiger partial charge in [-0.2, -0.15) is 4.31 Å². The first-order chi connectivity index (χ1) is 10.5. The summed E-state index contributed by atoms with van der Waals surface area (Å²) < 4.78 is 31.6. The standard InChI is InChI=1S/C14H22N2O5S/c1-21-13-2-4-14(5-3-13)22(19,20)16-8-6-15(7-9-16)10-12(18)11-17/h2-5,12,17-18H,6-11H2,1H3. The van der Waals surface area contributed by atoms with E-state index in [1.54, 1.807) is 12.1 Å². The van der Waals surface area contributed by atoms with Crippen LogP contribution in [0.4, 0.5) is 0 Å². The van der Waals surface area contributed by atoms with E-state index in [1.807, 2.05) is 4.90 Å². The van der Waals surface area contributed by atoms with Crippen molar-refractivity contribution >= 4 is 10.0 Å². The topological polar surface area (TPSA) is 90.3 Å². The molecular formula is C14H22N2O5S. The maximum atomic E-state index is 12.5. The highest BCUT2D eigenvalue weighted by Gasteiger charge is 2.28. The number of hydrogen-bond donors (Lipinski definition) is 2. The highest BCUT2D eigenvalue weighted by Crippen LogP contribution is 2.20. The lowest BCUT2D eigenvalue weighted by atomic mass is 10.3. The van der Waals surface area contributed by atoms with Crippen molar-refractivity contribution in [1.29, 1.82) is 0 Å². The van der Waals surface area contributed by atoms with Crippen LogP contribution >= 0.6 is 0 Å². The van der Waals surface area contributed by atoms with Gasteiger partial charge in [-0.05, 0) is 24.3 Å². The van der Waals surface area contributed by atoms with Crippen LogP contribution in [0.5, 0.6) is 5.75 Å². The highest BCUT2D eigenvalue weighted by molar-refractivity contribution is 7.89. The molecule has 2 rings (SSSR count). The van der Waals surface area contributed by atoms with Crippen molar-refractivity contribution in [3.05, 3.63) is 24.3 Å². The predicted octanol–water partition coefficient (Wildman–Crippen LogP) is -0.645. The van der Waals surface area contributed by atoms with Gasteiger partial charge >= 0.3 is 0 Å². The summed E-state index contributed by atoms with van der Waals surface area (Å²) in [6, 6.07) is 6.33. The van der Waals surface area contributed by atoms with Crippen molar-refractivity contribution in [1.82, 2.24) is 9.21 Å². The van der Waals surface area contributed by atoms with E-state index >= 15 is 0 Å². The summed E-state index contributed by atoms with van der Waals surface area (Å²) in [6.07, 6.45) is -0.787. The minimum Gasteiger partial charge on any atom is -0.497 e. The number of methoxy groups -OCH3 is 1. The minimum absolute atomic E-state index is 0.247. The van der Waals surface area contributed by atoms with Crippen LogP contribution in [0, 0.1) is 0 Å². The van der Waals surface area contributed by atoms with E-state index in [1.165, 1.54) is 23.5 Å². The van der Waals surface area contributed by atoms with Gasteiger partial charge in [-0.3, -0.25) is 4.90 Å².